The smallest absolute Gasteiger partial charge is 0.240 e. The summed E-state index contributed by atoms with van der Waals surface area (Å²) in [6.45, 7) is 4.54. The maximum absolute atomic E-state index is 12.9. The van der Waals surface area contributed by atoms with E-state index >= 15 is 0 Å². The van der Waals surface area contributed by atoms with E-state index in [1.165, 1.54) is 0 Å². The highest BCUT2D eigenvalue weighted by atomic mass is 16.4. The number of nitrogens with two attached hydrogens (primary N) is 1. The third-order valence-electron chi connectivity index (χ3n) is 4.03. The molecule has 0 saturated heterocycles. The minimum Gasteiger partial charge on any atom is -0.409 e. The van der Waals surface area contributed by atoms with Crippen molar-refractivity contribution in [1.82, 2.24) is 0 Å². The van der Waals surface area contributed by atoms with Gasteiger partial charge < -0.3 is 15.8 Å². The molecule has 1 aliphatic rings. The number of amidine groups is 1. The van der Waals surface area contributed by atoms with Gasteiger partial charge in [0.1, 0.15) is 5.41 Å². The van der Waals surface area contributed by atoms with Crippen LogP contribution >= 0.6 is 0 Å². The van der Waals surface area contributed by atoms with Gasteiger partial charge in [0, 0.05) is 12.2 Å². The van der Waals surface area contributed by atoms with Crippen LogP contribution in [0.5, 0.6) is 0 Å². The largest absolute Gasteiger partial charge is 0.409 e. The Balaban J connectivity index is 2.32. The van der Waals surface area contributed by atoms with Crippen LogP contribution in [-0.4, -0.2) is 23.5 Å². The second kappa shape index (κ2) is 5.53. The lowest BCUT2D eigenvalue weighted by molar-refractivity contribution is -0.130. The zero-order valence-corrected chi connectivity index (χ0v) is 11.9. The molecule has 0 spiro atoms. The Hall–Kier alpha value is -2.04. The van der Waals surface area contributed by atoms with Gasteiger partial charge in [0.15, 0.2) is 5.84 Å². The molecular weight excluding hydrogens is 254 g/mol. The van der Waals surface area contributed by atoms with Crippen molar-refractivity contribution in [3.8, 4) is 0 Å². The molecule has 1 aromatic carbocycles. The molecule has 2 rings (SSSR count). The summed E-state index contributed by atoms with van der Waals surface area (Å²) in [6, 6.07) is 9.48. The van der Waals surface area contributed by atoms with E-state index in [9.17, 15) is 4.79 Å². The molecule has 3 N–H and O–H groups in total. The Morgan fingerprint density at radius 2 is 2.05 bits per heavy atom. The van der Waals surface area contributed by atoms with Crippen LogP contribution in [-0.2, 0) is 4.79 Å². The van der Waals surface area contributed by atoms with Gasteiger partial charge in [-0.2, -0.15) is 0 Å². The Morgan fingerprint density at radius 1 is 1.45 bits per heavy atom. The first-order chi connectivity index (χ1) is 9.55. The van der Waals surface area contributed by atoms with E-state index in [1.54, 1.807) is 4.90 Å². The summed E-state index contributed by atoms with van der Waals surface area (Å²) in [4.78, 5) is 14.6. The lowest BCUT2D eigenvalue weighted by Crippen LogP contribution is -2.58. The van der Waals surface area contributed by atoms with Crippen molar-refractivity contribution < 1.29 is 10.0 Å². The van der Waals surface area contributed by atoms with Gasteiger partial charge in [-0.15, -0.1) is 0 Å². The molecule has 0 bridgehead atoms. The number of anilines is 1. The third kappa shape index (κ3) is 2.24. The van der Waals surface area contributed by atoms with Crippen LogP contribution in [0.25, 0.3) is 0 Å². The van der Waals surface area contributed by atoms with Crippen molar-refractivity contribution in [2.75, 3.05) is 11.4 Å². The lowest BCUT2D eigenvalue weighted by atomic mass is 9.61. The fourth-order valence-electron chi connectivity index (χ4n) is 3.03. The van der Waals surface area contributed by atoms with E-state index in [1.807, 2.05) is 37.3 Å². The highest BCUT2D eigenvalue weighted by Gasteiger charge is 2.53. The number of hydrogen-bond donors (Lipinski definition) is 2. The average molecular weight is 275 g/mol. The molecule has 5 heteroatoms. The molecule has 0 atom stereocenters. The van der Waals surface area contributed by atoms with E-state index in [0.29, 0.717) is 25.3 Å². The van der Waals surface area contributed by atoms with Crippen molar-refractivity contribution in [1.29, 1.82) is 0 Å². The Kier molecular flexibility index (Phi) is 3.97. The summed E-state index contributed by atoms with van der Waals surface area (Å²) in [5, 5.41) is 12.1. The maximum Gasteiger partial charge on any atom is 0.240 e. The Labute approximate surface area is 119 Å². The first-order valence-corrected chi connectivity index (χ1v) is 6.90. The Bertz CT molecular complexity index is 507. The van der Waals surface area contributed by atoms with Gasteiger partial charge in [0.2, 0.25) is 5.91 Å². The molecule has 20 heavy (non-hydrogen) atoms. The zero-order valence-electron chi connectivity index (χ0n) is 11.9. The Morgan fingerprint density at radius 3 is 2.50 bits per heavy atom. The molecule has 0 aliphatic heterocycles. The molecule has 1 fully saturated rings. The normalized spacial score (nSPS) is 25.9. The number of nitrogens with zero attached hydrogens (tertiary/aromatic N) is 2. The molecule has 5 nitrogen and oxygen atoms in total. The van der Waals surface area contributed by atoms with Gasteiger partial charge in [0.05, 0.1) is 0 Å². The number of carbonyl (C=O) groups is 1. The van der Waals surface area contributed by atoms with Gasteiger partial charge in [0.25, 0.3) is 0 Å². The summed E-state index contributed by atoms with van der Waals surface area (Å²) >= 11 is 0. The highest BCUT2D eigenvalue weighted by Crippen LogP contribution is 2.47. The van der Waals surface area contributed by atoms with Crippen LogP contribution in [0.15, 0.2) is 35.5 Å². The van der Waals surface area contributed by atoms with Gasteiger partial charge in [-0.05, 0) is 37.8 Å². The van der Waals surface area contributed by atoms with Crippen molar-refractivity contribution in [3.05, 3.63) is 30.3 Å². The van der Waals surface area contributed by atoms with E-state index < -0.39 is 5.41 Å². The molecule has 0 unspecified atom stereocenters. The predicted molar refractivity (Wildman–Crippen MR) is 78.7 cm³/mol. The number of rotatable bonds is 4. The number of carbonyl (C=O) groups excluding carboxylic acids is 1. The van der Waals surface area contributed by atoms with E-state index in [-0.39, 0.29) is 11.7 Å². The van der Waals surface area contributed by atoms with Gasteiger partial charge in [-0.3, -0.25) is 4.79 Å². The van der Waals surface area contributed by atoms with Crippen LogP contribution in [0, 0.1) is 11.3 Å². The monoisotopic (exact) mass is 275 g/mol. The van der Waals surface area contributed by atoms with Crippen molar-refractivity contribution >= 4 is 17.4 Å². The number of amides is 1. The van der Waals surface area contributed by atoms with Gasteiger partial charge in [-0.1, -0.05) is 30.3 Å². The number of para-hydroxylation sites is 1. The molecule has 1 amide bonds. The SMILES string of the molecule is CCN(C(=O)C1(/C(N)=N/O)CC(C)C1)c1ccccc1. The van der Waals surface area contributed by atoms with Gasteiger partial charge >= 0.3 is 0 Å². The quantitative estimate of drug-likeness (QED) is 0.382. The van der Waals surface area contributed by atoms with E-state index in [2.05, 4.69) is 12.1 Å². The maximum atomic E-state index is 12.9. The van der Waals surface area contributed by atoms with Crippen LogP contribution in [0.3, 0.4) is 0 Å². The zero-order chi connectivity index (χ0) is 14.8. The first kappa shape index (κ1) is 14.4. The number of hydrogen-bond acceptors (Lipinski definition) is 3. The number of benzene rings is 1. The fraction of sp³-hybridized carbons (Fsp3) is 0.467. The molecule has 1 saturated carbocycles. The summed E-state index contributed by atoms with van der Waals surface area (Å²) in [7, 11) is 0. The van der Waals surface area contributed by atoms with Crippen molar-refractivity contribution in [2.45, 2.75) is 26.7 Å². The van der Waals surface area contributed by atoms with Crippen molar-refractivity contribution in [3.63, 3.8) is 0 Å². The van der Waals surface area contributed by atoms with E-state index in [4.69, 9.17) is 10.9 Å². The third-order valence-corrected chi connectivity index (χ3v) is 4.03. The number of oxime groups is 1. The van der Waals surface area contributed by atoms with Crippen LogP contribution in [0.4, 0.5) is 5.69 Å². The predicted octanol–water partition coefficient (Wildman–Crippen LogP) is 2.20. The summed E-state index contributed by atoms with van der Waals surface area (Å²) in [5.41, 5.74) is 5.79. The molecule has 0 aromatic heterocycles. The molecule has 1 aromatic rings. The molecule has 0 radical (unpaired) electrons. The first-order valence-electron chi connectivity index (χ1n) is 6.90. The second-order valence-electron chi connectivity index (χ2n) is 5.47. The molecule has 0 heterocycles. The fourth-order valence-corrected chi connectivity index (χ4v) is 3.03. The summed E-state index contributed by atoms with van der Waals surface area (Å²) in [5.74, 6) is 0.350. The minimum atomic E-state index is -0.847. The standard InChI is InChI=1S/C15H21N3O2/c1-3-18(12-7-5-4-6-8-12)14(19)15(13(16)17-20)9-11(2)10-15/h4-8,11,20H,3,9-10H2,1-2H3,(H2,16,17). The average Bonchev–Trinajstić information content (AvgIpc) is 2.44. The lowest BCUT2D eigenvalue weighted by Gasteiger charge is -2.46. The van der Waals surface area contributed by atoms with Crippen LogP contribution in [0.1, 0.15) is 26.7 Å². The summed E-state index contributed by atoms with van der Waals surface area (Å²) < 4.78 is 0. The minimum absolute atomic E-state index is 0.0231. The topological polar surface area (TPSA) is 78.9 Å². The highest BCUT2D eigenvalue weighted by molar-refractivity contribution is 6.13. The van der Waals surface area contributed by atoms with Crippen LogP contribution in [0.2, 0.25) is 0 Å². The second-order valence-corrected chi connectivity index (χ2v) is 5.47. The molecule has 1 aliphatic carbocycles. The molecule has 108 valence electrons. The van der Waals surface area contributed by atoms with E-state index in [0.717, 1.165) is 5.69 Å². The van der Waals surface area contributed by atoms with Crippen molar-refractivity contribution in [2.24, 2.45) is 22.2 Å². The van der Waals surface area contributed by atoms with Crippen LogP contribution < -0.4 is 10.6 Å². The summed E-state index contributed by atoms with van der Waals surface area (Å²) in [6.07, 6.45) is 1.26. The molecular formula is C15H21N3O2. The van der Waals surface area contributed by atoms with Gasteiger partial charge in [-0.25, -0.2) is 0 Å².